The Bertz CT molecular complexity index is 917. The molecule has 0 aliphatic rings. The number of halogens is 1. The Morgan fingerprint density at radius 2 is 1.77 bits per heavy atom. The van der Waals surface area contributed by atoms with Gasteiger partial charge in [-0.3, -0.25) is 30.6 Å². The van der Waals surface area contributed by atoms with Crippen LogP contribution in [0.25, 0.3) is 0 Å². The van der Waals surface area contributed by atoms with E-state index in [4.69, 9.17) is 9.47 Å². The number of nitrogens with one attached hydrogen (secondary N) is 2. The minimum atomic E-state index is -0.939. The molecule has 2 rings (SSSR count). The maximum Gasteiger partial charge on any atom is 0.279 e. The Labute approximate surface area is 182 Å². The van der Waals surface area contributed by atoms with Gasteiger partial charge in [0.25, 0.3) is 17.5 Å². The molecule has 1 unspecified atom stereocenters. The second-order valence-electron chi connectivity index (χ2n) is 6.68. The molecule has 2 amide bonds. The van der Waals surface area contributed by atoms with Crippen LogP contribution in [0.5, 0.6) is 11.5 Å². The molecule has 0 spiro atoms. The van der Waals surface area contributed by atoms with E-state index in [0.717, 1.165) is 10.0 Å². The monoisotopic (exact) mass is 479 g/mol. The molecule has 0 saturated carbocycles. The highest BCUT2D eigenvalue weighted by molar-refractivity contribution is 9.10. The number of hydrogen-bond acceptors (Lipinski definition) is 6. The van der Waals surface area contributed by atoms with Gasteiger partial charge in [0.05, 0.1) is 9.40 Å². The van der Waals surface area contributed by atoms with Crippen molar-refractivity contribution in [3.63, 3.8) is 0 Å². The first-order valence-corrected chi connectivity index (χ1v) is 9.88. The van der Waals surface area contributed by atoms with Gasteiger partial charge >= 0.3 is 0 Å². The summed E-state index contributed by atoms with van der Waals surface area (Å²) in [6.45, 7) is 5.33. The van der Waals surface area contributed by atoms with Gasteiger partial charge in [-0.05, 0) is 58.6 Å². The van der Waals surface area contributed by atoms with Crippen molar-refractivity contribution in [2.24, 2.45) is 0 Å². The molecule has 2 aromatic carbocycles. The largest absolute Gasteiger partial charge is 0.483 e. The third-order valence-electron chi connectivity index (χ3n) is 4.04. The van der Waals surface area contributed by atoms with Crippen molar-refractivity contribution in [3.05, 3.63) is 62.6 Å². The van der Waals surface area contributed by atoms with Crippen LogP contribution in [0.3, 0.4) is 0 Å². The van der Waals surface area contributed by atoms with Crippen molar-refractivity contribution in [2.75, 3.05) is 6.61 Å². The first kappa shape index (κ1) is 23.1. The summed E-state index contributed by atoms with van der Waals surface area (Å²) in [6.07, 6.45) is -0.939. The zero-order valence-corrected chi connectivity index (χ0v) is 18.3. The standard InChI is InChI=1S/C20H22BrN3O6/c1-12(2)14-4-9-18(17(21)10-14)29-11-19(25)22-23-20(26)13(3)30-16-7-5-15(6-8-16)24(27)28/h4-10,12-13H,11H2,1-3H3,(H,22,25)(H,23,26). The normalized spacial score (nSPS) is 11.5. The fraction of sp³-hybridized carbons (Fsp3) is 0.300. The van der Waals surface area contributed by atoms with E-state index in [-0.39, 0.29) is 18.0 Å². The lowest BCUT2D eigenvalue weighted by Gasteiger charge is -2.15. The quantitative estimate of drug-likeness (QED) is 0.441. The Hall–Kier alpha value is -3.14. The van der Waals surface area contributed by atoms with Crippen molar-refractivity contribution >= 4 is 33.4 Å². The lowest BCUT2D eigenvalue weighted by molar-refractivity contribution is -0.384. The van der Waals surface area contributed by atoms with Gasteiger partial charge in [0.15, 0.2) is 12.7 Å². The second-order valence-corrected chi connectivity index (χ2v) is 7.54. The van der Waals surface area contributed by atoms with Crippen molar-refractivity contribution in [2.45, 2.75) is 32.8 Å². The molecule has 2 aromatic rings. The number of carbonyl (C=O) groups is 2. The van der Waals surface area contributed by atoms with E-state index < -0.39 is 22.8 Å². The highest BCUT2D eigenvalue weighted by Crippen LogP contribution is 2.28. The zero-order chi connectivity index (χ0) is 22.3. The van der Waals surface area contributed by atoms with Gasteiger partial charge < -0.3 is 9.47 Å². The van der Waals surface area contributed by atoms with E-state index in [0.29, 0.717) is 11.7 Å². The molecule has 10 heteroatoms. The summed E-state index contributed by atoms with van der Waals surface area (Å²) in [7, 11) is 0. The third kappa shape index (κ3) is 6.73. The van der Waals surface area contributed by atoms with Crippen LogP contribution in [0.2, 0.25) is 0 Å². The number of ether oxygens (including phenoxy) is 2. The van der Waals surface area contributed by atoms with Gasteiger partial charge in [0, 0.05) is 12.1 Å². The highest BCUT2D eigenvalue weighted by atomic mass is 79.9. The fourth-order valence-electron chi connectivity index (χ4n) is 2.31. The summed E-state index contributed by atoms with van der Waals surface area (Å²) < 4.78 is 11.6. The molecule has 0 radical (unpaired) electrons. The van der Waals surface area contributed by atoms with Crippen molar-refractivity contribution in [1.29, 1.82) is 0 Å². The van der Waals surface area contributed by atoms with E-state index in [2.05, 4.69) is 40.6 Å². The number of nitro groups is 1. The van der Waals surface area contributed by atoms with E-state index in [1.54, 1.807) is 6.07 Å². The van der Waals surface area contributed by atoms with E-state index in [9.17, 15) is 19.7 Å². The van der Waals surface area contributed by atoms with Gasteiger partial charge in [-0.15, -0.1) is 0 Å². The van der Waals surface area contributed by atoms with Crippen LogP contribution in [0, 0.1) is 10.1 Å². The Kier molecular flexibility index (Phi) is 8.16. The summed E-state index contributed by atoms with van der Waals surface area (Å²) in [5.74, 6) is 0.0160. The van der Waals surface area contributed by atoms with Crippen LogP contribution < -0.4 is 20.3 Å². The fourth-order valence-corrected chi connectivity index (χ4v) is 2.82. The number of nitrogens with zero attached hydrogens (tertiary/aromatic N) is 1. The summed E-state index contributed by atoms with van der Waals surface area (Å²) in [5, 5.41) is 10.6. The number of carbonyl (C=O) groups excluding carboxylic acids is 2. The summed E-state index contributed by atoms with van der Waals surface area (Å²) >= 11 is 3.41. The molecule has 0 heterocycles. The number of rotatable bonds is 8. The van der Waals surface area contributed by atoms with Crippen LogP contribution in [-0.2, 0) is 9.59 Å². The second kappa shape index (κ2) is 10.6. The molecule has 0 saturated heterocycles. The number of hydrogen-bond donors (Lipinski definition) is 2. The number of non-ortho nitro benzene ring substituents is 1. The van der Waals surface area contributed by atoms with Crippen LogP contribution in [0.1, 0.15) is 32.3 Å². The van der Waals surface area contributed by atoms with Crippen LogP contribution in [0.15, 0.2) is 46.9 Å². The maximum atomic E-state index is 12.0. The molecule has 0 fully saturated rings. The molecular formula is C20H22BrN3O6. The van der Waals surface area contributed by atoms with Crippen molar-refractivity contribution < 1.29 is 24.0 Å². The minimum Gasteiger partial charge on any atom is -0.483 e. The van der Waals surface area contributed by atoms with Crippen molar-refractivity contribution in [1.82, 2.24) is 10.9 Å². The molecule has 9 nitrogen and oxygen atoms in total. The minimum absolute atomic E-state index is 0.0859. The molecule has 0 aliphatic heterocycles. The zero-order valence-electron chi connectivity index (χ0n) is 16.7. The van der Waals surface area contributed by atoms with Gasteiger partial charge in [0.1, 0.15) is 11.5 Å². The summed E-state index contributed by atoms with van der Waals surface area (Å²) in [5.41, 5.74) is 5.53. The smallest absolute Gasteiger partial charge is 0.279 e. The molecule has 30 heavy (non-hydrogen) atoms. The average Bonchev–Trinajstić information content (AvgIpc) is 2.71. The summed E-state index contributed by atoms with van der Waals surface area (Å²) in [6, 6.07) is 10.9. The molecular weight excluding hydrogens is 458 g/mol. The van der Waals surface area contributed by atoms with Gasteiger partial charge in [-0.2, -0.15) is 0 Å². The summed E-state index contributed by atoms with van der Waals surface area (Å²) in [4.78, 5) is 34.1. The van der Waals surface area contributed by atoms with Gasteiger partial charge in [-0.1, -0.05) is 19.9 Å². The molecule has 1 atom stereocenters. The topological polar surface area (TPSA) is 120 Å². The first-order valence-electron chi connectivity index (χ1n) is 9.09. The highest BCUT2D eigenvalue weighted by Gasteiger charge is 2.16. The first-order chi connectivity index (χ1) is 14.2. The molecule has 0 aliphatic carbocycles. The third-order valence-corrected chi connectivity index (χ3v) is 4.66. The molecule has 160 valence electrons. The Morgan fingerprint density at radius 1 is 1.10 bits per heavy atom. The number of hydrazine groups is 1. The van der Waals surface area contributed by atoms with Crippen LogP contribution in [-0.4, -0.2) is 29.4 Å². The number of amides is 2. The molecule has 0 bridgehead atoms. The molecule has 0 aromatic heterocycles. The predicted octanol–water partition coefficient (Wildman–Crippen LogP) is 3.47. The maximum absolute atomic E-state index is 12.0. The SMILES string of the molecule is CC(Oc1ccc([N+](=O)[O-])cc1)C(=O)NNC(=O)COc1ccc(C(C)C)cc1Br. The Morgan fingerprint density at radius 3 is 2.33 bits per heavy atom. The van der Waals surface area contributed by atoms with E-state index >= 15 is 0 Å². The van der Waals surface area contributed by atoms with Gasteiger partial charge in [-0.25, -0.2) is 0 Å². The predicted molar refractivity (Wildman–Crippen MR) is 113 cm³/mol. The lowest BCUT2D eigenvalue weighted by Crippen LogP contribution is -2.48. The molecule has 2 N–H and O–H groups in total. The number of benzene rings is 2. The lowest BCUT2D eigenvalue weighted by atomic mass is 10.0. The van der Waals surface area contributed by atoms with E-state index in [1.165, 1.54) is 31.2 Å². The Balaban J connectivity index is 1.78. The van der Waals surface area contributed by atoms with E-state index in [1.807, 2.05) is 12.1 Å². The average molecular weight is 480 g/mol. The van der Waals surface area contributed by atoms with Crippen molar-refractivity contribution in [3.8, 4) is 11.5 Å². The van der Waals surface area contributed by atoms with Crippen LogP contribution >= 0.6 is 15.9 Å². The number of nitro benzene ring substituents is 1. The van der Waals surface area contributed by atoms with Crippen LogP contribution in [0.4, 0.5) is 5.69 Å². The van der Waals surface area contributed by atoms with Gasteiger partial charge in [0.2, 0.25) is 0 Å².